The van der Waals surface area contributed by atoms with Gasteiger partial charge in [0, 0.05) is 31.6 Å². The molecule has 3 rings (SSSR count). The topological polar surface area (TPSA) is 102 Å². The zero-order chi connectivity index (χ0) is 19.4. The van der Waals surface area contributed by atoms with E-state index in [0.29, 0.717) is 11.4 Å². The maximum atomic E-state index is 12.4. The van der Waals surface area contributed by atoms with Crippen LogP contribution in [0.5, 0.6) is 5.75 Å². The van der Waals surface area contributed by atoms with Gasteiger partial charge in [-0.1, -0.05) is 24.3 Å². The summed E-state index contributed by atoms with van der Waals surface area (Å²) in [6, 6.07) is 13.2. The third kappa shape index (κ3) is 4.05. The number of hydrogen-bond donors (Lipinski definition) is 1. The number of non-ortho nitro benzene ring substituents is 1. The Hall–Kier alpha value is -3.42. The predicted molar refractivity (Wildman–Crippen MR) is 98.4 cm³/mol. The molecule has 1 heterocycles. The normalized spacial score (nSPS) is 16.3. The lowest BCUT2D eigenvalue weighted by atomic mass is 10.1. The summed E-state index contributed by atoms with van der Waals surface area (Å²) in [6.45, 7) is 0.529. The first kappa shape index (κ1) is 18.4. The second-order valence-electron chi connectivity index (χ2n) is 6.22. The highest BCUT2D eigenvalue weighted by Crippen LogP contribution is 2.32. The minimum atomic E-state index is -0.473. The molecule has 0 radical (unpaired) electrons. The van der Waals surface area contributed by atoms with Gasteiger partial charge >= 0.3 is 0 Å². The van der Waals surface area contributed by atoms with Crippen molar-refractivity contribution in [2.75, 3.05) is 18.6 Å². The van der Waals surface area contributed by atoms with Crippen LogP contribution in [-0.4, -0.2) is 30.4 Å². The minimum Gasteiger partial charge on any atom is -0.495 e. The molecule has 0 aliphatic carbocycles. The molecular formula is C19H19N3O5. The number of amides is 2. The number of carbonyl (C=O) groups is 2. The molecule has 0 bridgehead atoms. The lowest BCUT2D eigenvalue weighted by Crippen LogP contribution is -2.32. The Bertz CT molecular complexity index is 866. The SMILES string of the molecule is COc1ccccc1N1CC(C(=O)NCc2ccc([N+](=O)[O-])cc2)CC1=O. The molecule has 1 unspecified atom stereocenters. The Morgan fingerprint density at radius 1 is 1.26 bits per heavy atom. The third-order valence-corrected chi connectivity index (χ3v) is 4.49. The van der Waals surface area contributed by atoms with Crippen LogP contribution >= 0.6 is 0 Å². The van der Waals surface area contributed by atoms with Gasteiger partial charge in [0.2, 0.25) is 11.8 Å². The Kier molecular flexibility index (Phi) is 5.35. The molecule has 8 nitrogen and oxygen atoms in total. The number of rotatable bonds is 6. The average Bonchev–Trinajstić information content (AvgIpc) is 3.08. The smallest absolute Gasteiger partial charge is 0.269 e. The van der Waals surface area contributed by atoms with Crippen LogP contribution < -0.4 is 15.0 Å². The molecule has 1 N–H and O–H groups in total. The van der Waals surface area contributed by atoms with E-state index in [9.17, 15) is 19.7 Å². The number of nitrogens with one attached hydrogen (secondary N) is 1. The van der Waals surface area contributed by atoms with Crippen LogP contribution in [0.1, 0.15) is 12.0 Å². The number of nitrogens with zero attached hydrogens (tertiary/aromatic N) is 2. The van der Waals surface area contributed by atoms with Crippen LogP contribution in [0.4, 0.5) is 11.4 Å². The number of carbonyl (C=O) groups excluding carboxylic acids is 2. The zero-order valence-electron chi connectivity index (χ0n) is 14.8. The summed E-state index contributed by atoms with van der Waals surface area (Å²) in [7, 11) is 1.54. The fourth-order valence-electron chi connectivity index (χ4n) is 3.04. The van der Waals surface area contributed by atoms with E-state index >= 15 is 0 Å². The van der Waals surface area contributed by atoms with Gasteiger partial charge in [0.05, 0.1) is 23.6 Å². The van der Waals surface area contributed by atoms with E-state index in [1.165, 1.54) is 19.2 Å². The van der Waals surface area contributed by atoms with E-state index in [2.05, 4.69) is 5.32 Å². The molecular weight excluding hydrogens is 350 g/mol. The van der Waals surface area contributed by atoms with Gasteiger partial charge in [-0.25, -0.2) is 0 Å². The Morgan fingerprint density at radius 2 is 1.96 bits per heavy atom. The molecule has 2 amide bonds. The Balaban J connectivity index is 1.61. The summed E-state index contributed by atoms with van der Waals surface area (Å²) in [4.78, 5) is 36.6. The van der Waals surface area contributed by atoms with Gasteiger partial charge in [0.15, 0.2) is 0 Å². The highest BCUT2D eigenvalue weighted by Gasteiger charge is 2.36. The van der Waals surface area contributed by atoms with Crippen molar-refractivity contribution >= 4 is 23.2 Å². The Morgan fingerprint density at radius 3 is 2.63 bits per heavy atom. The summed E-state index contributed by atoms with van der Waals surface area (Å²) >= 11 is 0. The van der Waals surface area contributed by atoms with Gasteiger partial charge in [-0.3, -0.25) is 19.7 Å². The summed E-state index contributed by atoms with van der Waals surface area (Å²) in [5.74, 6) is -0.229. The van der Waals surface area contributed by atoms with Gasteiger partial charge in [-0.2, -0.15) is 0 Å². The van der Waals surface area contributed by atoms with Gasteiger partial charge in [0.1, 0.15) is 5.75 Å². The number of methoxy groups -OCH3 is 1. The van der Waals surface area contributed by atoms with E-state index in [0.717, 1.165) is 5.56 Å². The second-order valence-corrected chi connectivity index (χ2v) is 6.22. The third-order valence-electron chi connectivity index (χ3n) is 4.49. The largest absolute Gasteiger partial charge is 0.495 e. The highest BCUT2D eigenvalue weighted by atomic mass is 16.6. The molecule has 0 aromatic heterocycles. The summed E-state index contributed by atoms with van der Waals surface area (Å²) < 4.78 is 5.29. The van der Waals surface area contributed by atoms with Crippen molar-refractivity contribution in [3.8, 4) is 5.75 Å². The molecule has 1 atom stereocenters. The van der Waals surface area contributed by atoms with Crippen LogP contribution in [0.2, 0.25) is 0 Å². The van der Waals surface area contributed by atoms with Crippen LogP contribution in [0.15, 0.2) is 48.5 Å². The molecule has 8 heteroatoms. The van der Waals surface area contributed by atoms with Gasteiger partial charge in [-0.15, -0.1) is 0 Å². The van der Waals surface area contributed by atoms with Crippen molar-refractivity contribution in [3.05, 3.63) is 64.2 Å². The summed E-state index contributed by atoms with van der Waals surface area (Å²) in [5, 5.41) is 13.5. The molecule has 1 saturated heterocycles. The number of ether oxygens (including phenoxy) is 1. The van der Waals surface area contributed by atoms with Crippen LogP contribution in [-0.2, 0) is 16.1 Å². The summed E-state index contributed by atoms with van der Waals surface area (Å²) in [6.07, 6.45) is 0.129. The fourth-order valence-corrected chi connectivity index (χ4v) is 3.04. The van der Waals surface area contributed by atoms with E-state index in [1.54, 1.807) is 29.2 Å². The maximum Gasteiger partial charge on any atom is 0.269 e. The molecule has 140 valence electrons. The van der Waals surface area contributed by atoms with E-state index in [4.69, 9.17) is 4.74 Å². The van der Waals surface area contributed by atoms with E-state index in [-0.39, 0.29) is 37.0 Å². The van der Waals surface area contributed by atoms with Crippen LogP contribution in [0, 0.1) is 16.0 Å². The lowest BCUT2D eigenvalue weighted by molar-refractivity contribution is -0.384. The van der Waals surface area contributed by atoms with Gasteiger partial charge < -0.3 is 15.0 Å². The number of nitro groups is 1. The van der Waals surface area contributed by atoms with E-state index < -0.39 is 10.8 Å². The first-order chi connectivity index (χ1) is 13.0. The van der Waals surface area contributed by atoms with Crippen molar-refractivity contribution in [3.63, 3.8) is 0 Å². The number of hydrogen-bond acceptors (Lipinski definition) is 5. The minimum absolute atomic E-state index is 0.00100. The molecule has 1 aliphatic heterocycles. The van der Waals surface area contributed by atoms with Gasteiger partial charge in [0.25, 0.3) is 5.69 Å². The molecule has 2 aromatic rings. The number of para-hydroxylation sites is 2. The van der Waals surface area contributed by atoms with Crippen molar-refractivity contribution < 1.29 is 19.2 Å². The standard InChI is InChI=1S/C19H19N3O5/c1-27-17-5-3-2-4-16(17)21-12-14(10-18(21)23)19(24)20-11-13-6-8-15(9-7-13)22(25)26/h2-9,14H,10-12H2,1H3,(H,20,24). The first-order valence-electron chi connectivity index (χ1n) is 8.44. The Labute approximate surface area is 155 Å². The second kappa shape index (κ2) is 7.86. The first-order valence-corrected chi connectivity index (χ1v) is 8.44. The van der Waals surface area contributed by atoms with Crippen molar-refractivity contribution in [2.24, 2.45) is 5.92 Å². The molecule has 1 fully saturated rings. The molecule has 0 saturated carbocycles. The zero-order valence-corrected chi connectivity index (χ0v) is 14.8. The molecule has 0 spiro atoms. The van der Waals surface area contributed by atoms with E-state index in [1.807, 2.05) is 12.1 Å². The quantitative estimate of drug-likeness (QED) is 0.622. The van der Waals surface area contributed by atoms with Crippen LogP contribution in [0.25, 0.3) is 0 Å². The molecule has 1 aliphatic rings. The number of nitro benzene ring substituents is 1. The fraction of sp³-hybridized carbons (Fsp3) is 0.263. The monoisotopic (exact) mass is 369 g/mol. The van der Waals surface area contributed by atoms with Crippen molar-refractivity contribution in [1.29, 1.82) is 0 Å². The van der Waals surface area contributed by atoms with Crippen molar-refractivity contribution in [1.82, 2.24) is 5.32 Å². The molecule has 2 aromatic carbocycles. The maximum absolute atomic E-state index is 12.4. The highest BCUT2D eigenvalue weighted by molar-refractivity contribution is 6.01. The van der Waals surface area contributed by atoms with Crippen LogP contribution in [0.3, 0.4) is 0 Å². The number of anilines is 1. The average molecular weight is 369 g/mol. The lowest BCUT2D eigenvalue weighted by Gasteiger charge is -2.19. The number of benzene rings is 2. The van der Waals surface area contributed by atoms with Gasteiger partial charge in [-0.05, 0) is 17.7 Å². The molecule has 27 heavy (non-hydrogen) atoms. The summed E-state index contributed by atoms with van der Waals surface area (Å²) in [5.41, 5.74) is 1.40. The van der Waals surface area contributed by atoms with Crippen molar-refractivity contribution in [2.45, 2.75) is 13.0 Å². The predicted octanol–water partition coefficient (Wildman–Crippen LogP) is 2.27.